The smallest absolute Gasteiger partial charge is 0.210 e. The number of phenols is 1. The molecule has 0 bridgehead atoms. The molecular weight excluding hydrogens is 192 g/mol. The minimum absolute atomic E-state index is 0.310. The van der Waals surface area contributed by atoms with Gasteiger partial charge in [-0.15, -0.1) is 0 Å². The van der Waals surface area contributed by atoms with Crippen LogP contribution in [-0.4, -0.2) is 20.5 Å². The van der Waals surface area contributed by atoms with Crippen molar-refractivity contribution in [2.45, 2.75) is 13.1 Å². The van der Waals surface area contributed by atoms with E-state index in [2.05, 4.69) is 18.8 Å². The van der Waals surface area contributed by atoms with Crippen molar-refractivity contribution < 1.29 is 9.53 Å². The lowest BCUT2D eigenvalue weighted by Crippen LogP contribution is -2.25. The molecule has 14 heavy (non-hydrogen) atoms. The van der Waals surface area contributed by atoms with E-state index in [4.69, 9.17) is 4.43 Å². The Bertz CT molecular complexity index is 332. The van der Waals surface area contributed by atoms with E-state index in [1.54, 1.807) is 13.2 Å². The van der Waals surface area contributed by atoms with Gasteiger partial charge >= 0.3 is 0 Å². The molecule has 0 radical (unpaired) electrons. The second-order valence-corrected chi connectivity index (χ2v) is 7.65. The summed E-state index contributed by atoms with van der Waals surface area (Å²) in [5.41, 5.74) is 2.90. The van der Waals surface area contributed by atoms with Crippen molar-refractivity contribution in [1.82, 2.24) is 0 Å². The first-order valence-electron chi connectivity index (χ1n) is 4.57. The number of benzene rings is 1. The van der Waals surface area contributed by atoms with Crippen LogP contribution in [0, 0.1) is 0 Å². The molecule has 0 aromatic heterocycles. The molecule has 3 heteroatoms. The highest BCUT2D eigenvalue weighted by molar-refractivity contribution is 6.76. The van der Waals surface area contributed by atoms with Crippen molar-refractivity contribution in [2.24, 2.45) is 0 Å². The molecule has 0 aliphatic heterocycles. The molecule has 0 aliphatic rings. The quantitative estimate of drug-likeness (QED) is 0.774. The largest absolute Gasteiger partial charge is 0.507 e. The third kappa shape index (κ3) is 3.01. The van der Waals surface area contributed by atoms with E-state index < -0.39 is 8.32 Å². The molecule has 1 aromatic carbocycles. The third-order valence-corrected chi connectivity index (χ3v) is 4.15. The minimum Gasteiger partial charge on any atom is -0.507 e. The topological polar surface area (TPSA) is 29.5 Å². The molecule has 0 unspecified atom stereocenters. The van der Waals surface area contributed by atoms with Gasteiger partial charge in [-0.25, -0.2) is 0 Å². The summed E-state index contributed by atoms with van der Waals surface area (Å²) in [6.07, 6.45) is 1.92. The van der Waals surface area contributed by atoms with Crippen LogP contribution in [0.2, 0.25) is 13.1 Å². The summed E-state index contributed by atoms with van der Waals surface area (Å²) in [7, 11) is 0.0490. The molecule has 0 heterocycles. The predicted octanol–water partition coefficient (Wildman–Crippen LogP) is 2.80. The van der Waals surface area contributed by atoms with Gasteiger partial charge in [0.05, 0.1) is 0 Å². The molecule has 1 aromatic rings. The van der Waals surface area contributed by atoms with Crippen molar-refractivity contribution in [3.63, 3.8) is 0 Å². The Morgan fingerprint density at radius 3 is 2.50 bits per heavy atom. The fraction of sp³-hybridized carbons (Fsp3) is 0.273. The second-order valence-electron chi connectivity index (χ2n) is 3.70. The average molecular weight is 208 g/mol. The van der Waals surface area contributed by atoms with Crippen molar-refractivity contribution in [3.8, 4) is 5.75 Å². The van der Waals surface area contributed by atoms with Gasteiger partial charge in [0, 0.05) is 12.7 Å². The molecule has 1 rings (SSSR count). The van der Waals surface area contributed by atoms with Gasteiger partial charge < -0.3 is 9.53 Å². The number of hydrogen-bond acceptors (Lipinski definition) is 2. The van der Waals surface area contributed by atoms with Crippen molar-refractivity contribution in [1.29, 1.82) is 0 Å². The summed E-state index contributed by atoms with van der Waals surface area (Å²) < 4.78 is 5.37. The number of para-hydroxylation sites is 1. The standard InChI is InChI=1S/C11H16O2Si/c1-13-14(2,3)9-8-10-6-4-5-7-11(10)12/h4-9,12H,1-3H3/b9-8+. The van der Waals surface area contributed by atoms with Gasteiger partial charge in [0.15, 0.2) is 0 Å². The Labute approximate surface area is 86.0 Å². The van der Waals surface area contributed by atoms with E-state index in [9.17, 15) is 5.11 Å². The van der Waals surface area contributed by atoms with Gasteiger partial charge in [-0.1, -0.05) is 30.0 Å². The predicted molar refractivity (Wildman–Crippen MR) is 61.6 cm³/mol. The Balaban J connectivity index is 2.84. The maximum atomic E-state index is 9.50. The molecule has 0 fully saturated rings. The Kier molecular flexibility index (Phi) is 3.49. The molecule has 0 aliphatic carbocycles. The van der Waals surface area contributed by atoms with Gasteiger partial charge in [0.25, 0.3) is 0 Å². The zero-order chi connectivity index (χ0) is 10.6. The highest BCUT2D eigenvalue weighted by Crippen LogP contribution is 2.18. The third-order valence-electron chi connectivity index (χ3n) is 2.13. The highest BCUT2D eigenvalue weighted by Gasteiger charge is 2.15. The molecule has 76 valence electrons. The van der Waals surface area contributed by atoms with Crippen LogP contribution in [0.3, 0.4) is 0 Å². The van der Waals surface area contributed by atoms with Crippen LogP contribution in [0.15, 0.2) is 30.0 Å². The van der Waals surface area contributed by atoms with Gasteiger partial charge in [0.2, 0.25) is 8.32 Å². The number of phenolic OH excluding ortho intramolecular Hbond substituents is 1. The molecule has 0 saturated carbocycles. The average Bonchev–Trinajstić information content (AvgIpc) is 2.17. The highest BCUT2D eigenvalue weighted by atomic mass is 28.4. The van der Waals surface area contributed by atoms with Crippen LogP contribution < -0.4 is 0 Å². The Hall–Kier alpha value is -1.06. The number of hydrogen-bond donors (Lipinski definition) is 1. The SMILES string of the molecule is CO[Si](C)(C)/C=C/c1ccccc1O. The lowest BCUT2D eigenvalue weighted by Gasteiger charge is -2.14. The van der Waals surface area contributed by atoms with E-state index in [-0.39, 0.29) is 0 Å². The zero-order valence-electron chi connectivity index (χ0n) is 8.82. The minimum atomic E-state index is -1.67. The first kappa shape index (κ1) is 11.0. The van der Waals surface area contributed by atoms with Gasteiger partial charge in [-0.05, 0) is 19.2 Å². The molecule has 2 nitrogen and oxygen atoms in total. The van der Waals surface area contributed by atoms with E-state index in [0.717, 1.165) is 5.56 Å². The first-order valence-corrected chi connectivity index (χ1v) is 7.56. The molecule has 0 spiro atoms. The van der Waals surface area contributed by atoms with E-state index in [1.165, 1.54) is 0 Å². The van der Waals surface area contributed by atoms with Gasteiger partial charge in [0.1, 0.15) is 5.75 Å². The molecule has 1 N–H and O–H groups in total. The maximum Gasteiger partial charge on any atom is 0.210 e. The fourth-order valence-corrected chi connectivity index (χ4v) is 1.70. The van der Waals surface area contributed by atoms with Crippen LogP contribution in [0.5, 0.6) is 5.75 Å². The lowest BCUT2D eigenvalue weighted by molar-refractivity contribution is 0.415. The van der Waals surface area contributed by atoms with Gasteiger partial charge in [-0.2, -0.15) is 0 Å². The summed E-state index contributed by atoms with van der Waals surface area (Å²) in [6, 6.07) is 7.28. The van der Waals surface area contributed by atoms with Crippen molar-refractivity contribution in [3.05, 3.63) is 35.5 Å². The van der Waals surface area contributed by atoms with E-state index >= 15 is 0 Å². The zero-order valence-corrected chi connectivity index (χ0v) is 9.82. The lowest BCUT2D eigenvalue weighted by atomic mass is 10.2. The van der Waals surface area contributed by atoms with Crippen LogP contribution in [-0.2, 0) is 4.43 Å². The second kappa shape index (κ2) is 4.44. The molecular formula is C11H16O2Si. The Morgan fingerprint density at radius 2 is 1.93 bits per heavy atom. The Morgan fingerprint density at radius 1 is 1.29 bits per heavy atom. The summed E-state index contributed by atoms with van der Waals surface area (Å²) in [5.74, 6) is 0.310. The normalized spacial score (nSPS) is 12.2. The molecule has 0 atom stereocenters. The van der Waals surface area contributed by atoms with Crippen molar-refractivity contribution >= 4 is 14.4 Å². The summed E-state index contributed by atoms with van der Waals surface area (Å²) in [4.78, 5) is 0. The molecule has 0 saturated heterocycles. The van der Waals surface area contributed by atoms with Crippen LogP contribution in [0.1, 0.15) is 5.56 Å². The number of rotatable bonds is 3. The van der Waals surface area contributed by atoms with E-state index in [1.807, 2.05) is 24.3 Å². The summed E-state index contributed by atoms with van der Waals surface area (Å²) in [5, 5.41) is 9.50. The summed E-state index contributed by atoms with van der Waals surface area (Å²) >= 11 is 0. The first-order chi connectivity index (χ1) is 6.55. The van der Waals surface area contributed by atoms with Gasteiger partial charge in [-0.3, -0.25) is 0 Å². The monoisotopic (exact) mass is 208 g/mol. The number of aromatic hydroxyl groups is 1. The van der Waals surface area contributed by atoms with Crippen LogP contribution >= 0.6 is 0 Å². The van der Waals surface area contributed by atoms with Crippen LogP contribution in [0.4, 0.5) is 0 Å². The molecule has 0 amide bonds. The maximum absolute atomic E-state index is 9.50. The van der Waals surface area contributed by atoms with Crippen LogP contribution in [0.25, 0.3) is 6.08 Å². The summed E-state index contributed by atoms with van der Waals surface area (Å²) in [6.45, 7) is 4.20. The fourth-order valence-electron chi connectivity index (χ4n) is 0.987. The van der Waals surface area contributed by atoms with E-state index in [0.29, 0.717) is 5.75 Å². The van der Waals surface area contributed by atoms with Crippen molar-refractivity contribution in [2.75, 3.05) is 7.11 Å².